The van der Waals surface area contributed by atoms with Crippen LogP contribution in [0.2, 0.25) is 0 Å². The van der Waals surface area contributed by atoms with E-state index in [0.717, 1.165) is 31.3 Å². The third-order valence-electron chi connectivity index (χ3n) is 5.17. The number of likely N-dealkylation sites (tertiary alicyclic amines) is 1. The zero-order chi connectivity index (χ0) is 19.5. The second-order valence-electron chi connectivity index (χ2n) is 7.76. The van der Waals surface area contributed by atoms with E-state index in [9.17, 15) is 0 Å². The molecule has 0 unspecified atom stereocenters. The summed E-state index contributed by atoms with van der Waals surface area (Å²) in [4.78, 5) is 6.96. The molecular formula is C21H38IN5O. The van der Waals surface area contributed by atoms with E-state index < -0.39 is 0 Å². The number of methoxy groups -OCH3 is 1. The maximum Gasteiger partial charge on any atom is 0.191 e. The van der Waals surface area contributed by atoms with Crippen LogP contribution in [0.15, 0.2) is 29.3 Å². The fourth-order valence-electron chi connectivity index (χ4n) is 3.36. The number of piperidine rings is 1. The van der Waals surface area contributed by atoms with E-state index in [2.05, 4.69) is 64.0 Å². The molecule has 0 aliphatic carbocycles. The van der Waals surface area contributed by atoms with Gasteiger partial charge in [0.2, 0.25) is 0 Å². The quantitative estimate of drug-likeness (QED) is 0.209. The van der Waals surface area contributed by atoms with Gasteiger partial charge in [-0.2, -0.15) is 0 Å². The Labute approximate surface area is 187 Å². The van der Waals surface area contributed by atoms with E-state index in [1.165, 1.54) is 37.9 Å². The van der Waals surface area contributed by atoms with Gasteiger partial charge in [0.1, 0.15) is 0 Å². The van der Waals surface area contributed by atoms with Crippen molar-refractivity contribution in [2.75, 3.05) is 52.3 Å². The predicted octanol–water partition coefficient (Wildman–Crippen LogP) is 3.29. The molecule has 0 radical (unpaired) electrons. The number of nitrogens with one attached hydrogen (secondary N) is 3. The Hall–Kier alpha value is -1.06. The number of aliphatic imine (C=N–C) groups is 1. The monoisotopic (exact) mass is 503 g/mol. The van der Waals surface area contributed by atoms with E-state index in [1.807, 2.05) is 7.05 Å². The van der Waals surface area contributed by atoms with Crippen LogP contribution in [0.1, 0.15) is 38.7 Å². The molecule has 160 valence electrons. The first-order valence-corrected chi connectivity index (χ1v) is 10.1. The molecule has 1 fully saturated rings. The lowest BCUT2D eigenvalue weighted by atomic mass is 9.98. The van der Waals surface area contributed by atoms with Crippen molar-refractivity contribution in [2.45, 2.75) is 45.2 Å². The topological polar surface area (TPSA) is 60.9 Å². The summed E-state index contributed by atoms with van der Waals surface area (Å²) in [5, 5.41) is 10.2. The number of ether oxygens (including phenoxy) is 1. The third-order valence-corrected chi connectivity index (χ3v) is 5.17. The maximum absolute atomic E-state index is 5.05. The second-order valence-corrected chi connectivity index (χ2v) is 7.76. The molecule has 0 amide bonds. The molecule has 6 nitrogen and oxygen atoms in total. The zero-order valence-corrected chi connectivity index (χ0v) is 20.2. The number of guanidine groups is 1. The summed E-state index contributed by atoms with van der Waals surface area (Å²) in [6.45, 7) is 10.2. The Balaban J connectivity index is 0.00000392. The van der Waals surface area contributed by atoms with Gasteiger partial charge in [0.05, 0.1) is 6.61 Å². The van der Waals surface area contributed by atoms with Crippen LogP contribution in [0.25, 0.3) is 0 Å². The van der Waals surface area contributed by atoms with Gasteiger partial charge in [-0.15, -0.1) is 24.0 Å². The Kier molecular flexibility index (Phi) is 11.8. The van der Waals surface area contributed by atoms with Crippen LogP contribution in [-0.2, 0) is 11.3 Å². The van der Waals surface area contributed by atoms with Crippen molar-refractivity contribution in [3.63, 3.8) is 0 Å². The van der Waals surface area contributed by atoms with E-state index in [4.69, 9.17) is 4.74 Å². The fraction of sp³-hybridized carbons (Fsp3) is 0.667. The van der Waals surface area contributed by atoms with Crippen LogP contribution in [0.5, 0.6) is 0 Å². The molecule has 1 aliphatic rings. The lowest BCUT2D eigenvalue weighted by Gasteiger charge is -2.41. The Morgan fingerprint density at radius 2 is 1.79 bits per heavy atom. The van der Waals surface area contributed by atoms with Gasteiger partial charge in [0, 0.05) is 45.0 Å². The van der Waals surface area contributed by atoms with E-state index >= 15 is 0 Å². The average Bonchev–Trinajstić information content (AvgIpc) is 2.70. The van der Waals surface area contributed by atoms with Gasteiger partial charge < -0.3 is 20.7 Å². The molecule has 1 aromatic rings. The molecule has 3 N–H and O–H groups in total. The first kappa shape index (κ1) is 25.0. The number of hydrogen-bond acceptors (Lipinski definition) is 4. The molecule has 0 atom stereocenters. The Morgan fingerprint density at radius 3 is 2.39 bits per heavy atom. The minimum absolute atomic E-state index is 0. The highest BCUT2D eigenvalue weighted by Crippen LogP contribution is 2.19. The number of nitrogens with zero attached hydrogens (tertiary/aromatic N) is 2. The summed E-state index contributed by atoms with van der Waals surface area (Å²) >= 11 is 0. The van der Waals surface area contributed by atoms with E-state index in [-0.39, 0.29) is 29.5 Å². The summed E-state index contributed by atoms with van der Waals surface area (Å²) < 4.78 is 5.05. The molecule has 0 aromatic heterocycles. The molecule has 1 aromatic carbocycles. The molecule has 7 heteroatoms. The highest BCUT2D eigenvalue weighted by molar-refractivity contribution is 14.0. The second kappa shape index (κ2) is 13.2. The standard InChI is InChI=1S/C21H37N5O.HI/c1-21(2,26-13-6-5-7-14-26)17-25-20(22-3)24-16-18-8-10-19(11-9-18)23-12-15-27-4;/h8-11,23H,5-7,12-17H2,1-4H3,(H2,22,24,25);1H. The van der Waals surface area contributed by atoms with Gasteiger partial charge in [-0.05, 0) is 57.5 Å². The average molecular weight is 503 g/mol. The number of anilines is 1. The van der Waals surface area contributed by atoms with Gasteiger partial charge in [-0.3, -0.25) is 9.89 Å². The number of rotatable bonds is 9. The molecule has 1 heterocycles. The lowest BCUT2D eigenvalue weighted by molar-refractivity contribution is 0.0982. The largest absolute Gasteiger partial charge is 0.383 e. The van der Waals surface area contributed by atoms with Gasteiger partial charge >= 0.3 is 0 Å². The smallest absolute Gasteiger partial charge is 0.191 e. The van der Waals surface area contributed by atoms with Gasteiger partial charge in [-0.1, -0.05) is 18.6 Å². The number of halogens is 1. The van der Waals surface area contributed by atoms with Crippen molar-refractivity contribution in [2.24, 2.45) is 4.99 Å². The number of hydrogen-bond donors (Lipinski definition) is 3. The fourth-order valence-corrected chi connectivity index (χ4v) is 3.36. The van der Waals surface area contributed by atoms with Crippen LogP contribution in [0.4, 0.5) is 5.69 Å². The summed E-state index contributed by atoms with van der Waals surface area (Å²) in [7, 11) is 3.54. The van der Waals surface area contributed by atoms with Crippen LogP contribution in [-0.4, -0.2) is 63.3 Å². The van der Waals surface area contributed by atoms with E-state index in [0.29, 0.717) is 6.61 Å². The minimum atomic E-state index is 0. The van der Waals surface area contributed by atoms with Gasteiger partial charge in [-0.25, -0.2) is 0 Å². The van der Waals surface area contributed by atoms with Crippen LogP contribution in [0.3, 0.4) is 0 Å². The molecule has 0 saturated carbocycles. The minimum Gasteiger partial charge on any atom is -0.383 e. The summed E-state index contributed by atoms with van der Waals surface area (Å²) in [6, 6.07) is 8.46. The summed E-state index contributed by atoms with van der Waals surface area (Å²) in [6.07, 6.45) is 3.99. The van der Waals surface area contributed by atoms with Gasteiger partial charge in [0.25, 0.3) is 0 Å². The van der Waals surface area contributed by atoms with Crippen LogP contribution in [0, 0.1) is 0 Å². The van der Waals surface area contributed by atoms with Crippen molar-refractivity contribution in [3.8, 4) is 0 Å². The maximum atomic E-state index is 5.05. The van der Waals surface area contributed by atoms with Crippen molar-refractivity contribution in [3.05, 3.63) is 29.8 Å². The first-order chi connectivity index (χ1) is 13.0. The van der Waals surface area contributed by atoms with E-state index in [1.54, 1.807) is 7.11 Å². The SMILES string of the molecule is CN=C(NCc1ccc(NCCOC)cc1)NCC(C)(C)N1CCCCC1.I. The van der Waals surface area contributed by atoms with Crippen molar-refractivity contribution < 1.29 is 4.74 Å². The van der Waals surface area contributed by atoms with Gasteiger partial charge in [0.15, 0.2) is 5.96 Å². The highest BCUT2D eigenvalue weighted by atomic mass is 127. The highest BCUT2D eigenvalue weighted by Gasteiger charge is 2.27. The predicted molar refractivity (Wildman–Crippen MR) is 130 cm³/mol. The molecule has 1 aliphatic heterocycles. The molecule has 0 bridgehead atoms. The van der Waals surface area contributed by atoms with Crippen molar-refractivity contribution in [1.29, 1.82) is 0 Å². The zero-order valence-electron chi connectivity index (χ0n) is 17.9. The molecule has 1 saturated heterocycles. The lowest BCUT2D eigenvalue weighted by Crippen LogP contribution is -2.54. The molecule has 0 spiro atoms. The molecular weight excluding hydrogens is 465 g/mol. The van der Waals surface area contributed by atoms with Crippen molar-refractivity contribution >= 4 is 35.6 Å². The Morgan fingerprint density at radius 1 is 1.11 bits per heavy atom. The van der Waals surface area contributed by atoms with Crippen LogP contribution < -0.4 is 16.0 Å². The summed E-state index contributed by atoms with van der Waals surface area (Å²) in [5.41, 5.74) is 2.47. The van der Waals surface area contributed by atoms with Crippen molar-refractivity contribution in [1.82, 2.24) is 15.5 Å². The Bertz CT molecular complexity index is 571. The van der Waals surface area contributed by atoms with Crippen LogP contribution >= 0.6 is 24.0 Å². The molecule has 2 rings (SSSR count). The summed E-state index contributed by atoms with van der Waals surface area (Å²) in [5.74, 6) is 0.849. The number of benzene rings is 1. The molecule has 28 heavy (non-hydrogen) atoms. The third kappa shape index (κ3) is 8.53. The first-order valence-electron chi connectivity index (χ1n) is 10.1. The normalized spacial score (nSPS) is 15.6.